The van der Waals surface area contributed by atoms with Gasteiger partial charge in [-0.1, -0.05) is 12.1 Å². The minimum atomic E-state index is 0. The number of benzene rings is 1. The van der Waals surface area contributed by atoms with Crippen molar-refractivity contribution in [3.05, 3.63) is 99.9 Å². The van der Waals surface area contributed by atoms with Crippen LogP contribution in [0.3, 0.4) is 0 Å². The van der Waals surface area contributed by atoms with Crippen LogP contribution in [-0.2, 0) is 17.1 Å². The monoisotopic (exact) mass is 314 g/mol. The summed E-state index contributed by atoms with van der Waals surface area (Å²) in [6.07, 6.45) is 19.9. The second-order valence-electron chi connectivity index (χ2n) is 4.38. The van der Waals surface area contributed by atoms with Crippen molar-refractivity contribution in [2.75, 3.05) is 0 Å². The van der Waals surface area contributed by atoms with Crippen molar-refractivity contribution in [1.29, 1.82) is 0 Å². The SMILES string of the molecule is [CH]1[CH][CH][CH][CH]1.[CH]1[CH][CH][C](c2cnc3ccccc3n2)[CH]1.[Fe+2]. The molecule has 0 atom stereocenters. The first kappa shape index (κ1) is 16.4. The van der Waals surface area contributed by atoms with Crippen LogP contribution in [0.5, 0.6) is 0 Å². The maximum absolute atomic E-state index is 4.56. The Morgan fingerprint density at radius 2 is 1.24 bits per heavy atom. The summed E-state index contributed by atoms with van der Waals surface area (Å²) in [6.45, 7) is 0. The van der Waals surface area contributed by atoms with Crippen LogP contribution in [0, 0.1) is 63.7 Å². The molecule has 0 bridgehead atoms. The van der Waals surface area contributed by atoms with E-state index in [-0.39, 0.29) is 17.1 Å². The fourth-order valence-electron chi connectivity index (χ4n) is 1.96. The number of fused-ring (bicyclic) bond motifs is 1. The van der Waals surface area contributed by atoms with E-state index in [0.717, 1.165) is 22.6 Å². The Kier molecular flexibility index (Phi) is 6.66. The molecule has 0 spiro atoms. The zero-order valence-corrected chi connectivity index (χ0v) is 12.4. The smallest absolute Gasteiger partial charge is 0.253 e. The van der Waals surface area contributed by atoms with Crippen molar-refractivity contribution >= 4 is 11.0 Å². The molecule has 4 rings (SSSR count). The Morgan fingerprint density at radius 1 is 0.667 bits per heavy atom. The van der Waals surface area contributed by atoms with Gasteiger partial charge in [0.15, 0.2) is 0 Å². The summed E-state index contributed by atoms with van der Waals surface area (Å²) in [4.78, 5) is 8.93. The van der Waals surface area contributed by atoms with E-state index in [4.69, 9.17) is 0 Å². The summed E-state index contributed by atoms with van der Waals surface area (Å²) in [7, 11) is 0. The molecule has 0 unspecified atom stereocenters. The number of aromatic nitrogens is 2. The van der Waals surface area contributed by atoms with E-state index in [1.807, 2.05) is 88.2 Å². The molecule has 1 heterocycles. The van der Waals surface area contributed by atoms with Crippen LogP contribution in [0.4, 0.5) is 0 Å². The topological polar surface area (TPSA) is 25.8 Å². The largest absolute Gasteiger partial charge is 2.00 e. The minimum absolute atomic E-state index is 0. The van der Waals surface area contributed by atoms with Crippen LogP contribution < -0.4 is 0 Å². The number of nitrogens with zero attached hydrogens (tertiary/aromatic N) is 2. The van der Waals surface area contributed by atoms with E-state index < -0.39 is 0 Å². The predicted octanol–water partition coefficient (Wildman–Crippen LogP) is 3.40. The first-order valence-electron chi connectivity index (χ1n) is 6.54. The fraction of sp³-hybridized carbons (Fsp3) is 0. The van der Waals surface area contributed by atoms with Gasteiger partial charge in [0.2, 0.25) is 0 Å². The Balaban J connectivity index is 0.000000231. The molecular formula is C18H14FeN2+2. The van der Waals surface area contributed by atoms with Gasteiger partial charge in [0, 0.05) is 12.1 Å². The van der Waals surface area contributed by atoms with Crippen LogP contribution in [0.1, 0.15) is 5.69 Å². The average molecular weight is 314 g/mol. The molecule has 2 fully saturated rings. The van der Waals surface area contributed by atoms with Gasteiger partial charge in [-0.3, -0.25) is 4.98 Å². The number of hydrogen-bond acceptors (Lipinski definition) is 2. The molecule has 2 aromatic rings. The van der Waals surface area contributed by atoms with Gasteiger partial charge in [-0.15, -0.1) is 0 Å². The maximum Gasteiger partial charge on any atom is 2.00 e. The van der Waals surface area contributed by atoms with E-state index in [0.29, 0.717) is 0 Å². The fourth-order valence-corrected chi connectivity index (χ4v) is 1.96. The molecule has 1 aromatic carbocycles. The molecule has 1 aromatic heterocycles. The zero-order chi connectivity index (χ0) is 13.6. The molecule has 0 N–H and O–H groups in total. The third-order valence-corrected chi connectivity index (χ3v) is 2.96. The Bertz CT molecular complexity index is 538. The van der Waals surface area contributed by atoms with Gasteiger partial charge in [-0.2, -0.15) is 0 Å². The second kappa shape index (κ2) is 8.50. The van der Waals surface area contributed by atoms with Gasteiger partial charge < -0.3 is 0 Å². The van der Waals surface area contributed by atoms with E-state index in [1.54, 1.807) is 0 Å². The third kappa shape index (κ3) is 4.52. The number of hydrogen-bond donors (Lipinski definition) is 0. The van der Waals surface area contributed by atoms with Crippen LogP contribution >= 0.6 is 0 Å². The van der Waals surface area contributed by atoms with Crippen molar-refractivity contribution in [2.24, 2.45) is 0 Å². The molecule has 2 saturated carbocycles. The number of para-hydroxylation sites is 2. The van der Waals surface area contributed by atoms with Gasteiger partial charge >= 0.3 is 17.1 Å². The normalized spacial score (nSPS) is 18.1. The molecule has 102 valence electrons. The Morgan fingerprint density at radius 3 is 1.86 bits per heavy atom. The second-order valence-corrected chi connectivity index (χ2v) is 4.38. The first-order chi connectivity index (χ1) is 9.93. The van der Waals surface area contributed by atoms with Crippen LogP contribution in [0.2, 0.25) is 0 Å². The quantitative estimate of drug-likeness (QED) is 0.754. The van der Waals surface area contributed by atoms with Crippen molar-refractivity contribution in [3.8, 4) is 0 Å². The number of rotatable bonds is 1. The molecule has 21 heavy (non-hydrogen) atoms. The standard InChI is InChI=1S/C13H9N2.C5H5.Fe/c1-2-6-10(5-1)13-9-14-11-7-3-4-8-12(11)15-13;1-2-4-5-3-1;/h1-9H;1-5H;/q;;+2. The van der Waals surface area contributed by atoms with Crippen molar-refractivity contribution in [3.63, 3.8) is 0 Å². The molecule has 10 radical (unpaired) electrons. The van der Waals surface area contributed by atoms with Crippen LogP contribution in [-0.4, -0.2) is 9.97 Å². The summed E-state index contributed by atoms with van der Waals surface area (Å²) in [5.74, 6) is 1.12. The molecule has 0 aliphatic heterocycles. The van der Waals surface area contributed by atoms with Crippen LogP contribution in [0.15, 0.2) is 30.5 Å². The molecule has 2 aliphatic carbocycles. The van der Waals surface area contributed by atoms with E-state index in [9.17, 15) is 0 Å². The summed E-state index contributed by atoms with van der Waals surface area (Å²) in [5.41, 5.74) is 2.81. The summed E-state index contributed by atoms with van der Waals surface area (Å²) in [5, 5.41) is 0. The summed E-state index contributed by atoms with van der Waals surface area (Å²) >= 11 is 0. The molecule has 0 amide bonds. The van der Waals surface area contributed by atoms with Gasteiger partial charge in [-0.25, -0.2) is 4.98 Å². The Hall–Kier alpha value is -0.921. The Labute approximate surface area is 138 Å². The summed E-state index contributed by atoms with van der Waals surface area (Å²) in [6, 6.07) is 7.90. The predicted molar refractivity (Wildman–Crippen MR) is 80.6 cm³/mol. The van der Waals surface area contributed by atoms with Crippen molar-refractivity contribution in [1.82, 2.24) is 9.97 Å². The van der Waals surface area contributed by atoms with Crippen molar-refractivity contribution < 1.29 is 17.1 Å². The van der Waals surface area contributed by atoms with Crippen molar-refractivity contribution in [2.45, 2.75) is 0 Å². The van der Waals surface area contributed by atoms with Gasteiger partial charge in [0.25, 0.3) is 0 Å². The zero-order valence-electron chi connectivity index (χ0n) is 11.3. The third-order valence-electron chi connectivity index (χ3n) is 2.96. The average Bonchev–Trinajstić information content (AvgIpc) is 3.22. The van der Waals surface area contributed by atoms with Gasteiger partial charge in [-0.05, 0) is 69.9 Å². The van der Waals surface area contributed by atoms with E-state index in [2.05, 4.69) is 9.97 Å². The van der Waals surface area contributed by atoms with Gasteiger partial charge in [0.1, 0.15) is 0 Å². The van der Waals surface area contributed by atoms with E-state index >= 15 is 0 Å². The molecule has 3 heteroatoms. The summed E-state index contributed by atoms with van der Waals surface area (Å²) < 4.78 is 0. The van der Waals surface area contributed by atoms with Crippen LogP contribution in [0.25, 0.3) is 11.0 Å². The van der Waals surface area contributed by atoms with Gasteiger partial charge in [0.05, 0.1) is 16.7 Å². The maximum atomic E-state index is 4.56. The molecule has 2 nitrogen and oxygen atoms in total. The molecule has 0 saturated heterocycles. The van der Waals surface area contributed by atoms with E-state index in [1.165, 1.54) is 0 Å². The molecular weight excluding hydrogens is 300 g/mol. The minimum Gasteiger partial charge on any atom is -0.253 e. The molecule has 2 aliphatic rings. The first-order valence-corrected chi connectivity index (χ1v) is 6.54.